The van der Waals surface area contributed by atoms with Crippen LogP contribution in [0.3, 0.4) is 0 Å². The average Bonchev–Trinajstić information content (AvgIpc) is 2.41. The van der Waals surface area contributed by atoms with Crippen LogP contribution in [0.4, 0.5) is 5.69 Å². The molecule has 2 aromatic carbocycles. The molecule has 0 aromatic heterocycles. The van der Waals surface area contributed by atoms with Crippen molar-refractivity contribution in [2.45, 2.75) is 6.42 Å². The quantitative estimate of drug-likeness (QED) is 0.910. The van der Waals surface area contributed by atoms with Crippen LogP contribution in [-0.2, 0) is 11.2 Å². The fraction of sp³-hybridized carbons (Fsp3) is 0.0667. The SMILES string of the molecule is N#Cc1ccc(Cl)cc1NC(=O)Cc1ccccc1O. The van der Waals surface area contributed by atoms with E-state index < -0.39 is 0 Å². The molecule has 1 amide bonds. The zero-order valence-corrected chi connectivity index (χ0v) is 11.2. The molecule has 0 unspecified atom stereocenters. The zero-order chi connectivity index (χ0) is 14.5. The molecule has 2 N–H and O–H groups in total. The molecule has 100 valence electrons. The molecule has 0 spiro atoms. The maximum atomic E-state index is 11.9. The molecule has 4 nitrogen and oxygen atoms in total. The van der Waals surface area contributed by atoms with Gasteiger partial charge >= 0.3 is 0 Å². The van der Waals surface area contributed by atoms with E-state index in [-0.39, 0.29) is 18.1 Å². The van der Waals surface area contributed by atoms with Gasteiger partial charge in [0.05, 0.1) is 17.7 Å². The first-order valence-electron chi connectivity index (χ1n) is 5.86. The van der Waals surface area contributed by atoms with Gasteiger partial charge in [0.2, 0.25) is 5.91 Å². The lowest BCUT2D eigenvalue weighted by atomic mass is 10.1. The van der Waals surface area contributed by atoms with E-state index in [2.05, 4.69) is 5.32 Å². The van der Waals surface area contributed by atoms with Gasteiger partial charge in [-0.3, -0.25) is 4.79 Å². The number of hydrogen-bond donors (Lipinski definition) is 2. The van der Waals surface area contributed by atoms with E-state index in [9.17, 15) is 9.90 Å². The number of halogens is 1. The Balaban J connectivity index is 2.15. The van der Waals surface area contributed by atoms with Gasteiger partial charge in [0.1, 0.15) is 11.8 Å². The molecule has 0 aliphatic carbocycles. The minimum Gasteiger partial charge on any atom is -0.508 e. The summed E-state index contributed by atoms with van der Waals surface area (Å²) in [6.07, 6.45) is 0.0179. The van der Waals surface area contributed by atoms with Gasteiger partial charge in [0.25, 0.3) is 0 Å². The smallest absolute Gasteiger partial charge is 0.228 e. The molecule has 0 saturated heterocycles. The minimum absolute atomic E-state index is 0.0179. The topological polar surface area (TPSA) is 73.1 Å². The summed E-state index contributed by atoms with van der Waals surface area (Å²) in [5.74, 6) is -0.264. The highest BCUT2D eigenvalue weighted by Crippen LogP contribution is 2.21. The summed E-state index contributed by atoms with van der Waals surface area (Å²) in [5.41, 5.74) is 1.21. The highest BCUT2D eigenvalue weighted by molar-refractivity contribution is 6.31. The van der Waals surface area contributed by atoms with Crippen LogP contribution in [0.2, 0.25) is 5.02 Å². The number of carbonyl (C=O) groups is 1. The van der Waals surface area contributed by atoms with Crippen molar-refractivity contribution < 1.29 is 9.90 Å². The summed E-state index contributed by atoms with van der Waals surface area (Å²) < 4.78 is 0. The number of para-hydroxylation sites is 1. The van der Waals surface area contributed by atoms with E-state index in [1.54, 1.807) is 24.3 Å². The molecule has 0 atom stereocenters. The molecule has 2 aromatic rings. The first-order valence-corrected chi connectivity index (χ1v) is 6.24. The van der Waals surface area contributed by atoms with Crippen molar-refractivity contribution in [1.82, 2.24) is 0 Å². The Kier molecular flexibility index (Phi) is 4.24. The number of phenols is 1. The summed E-state index contributed by atoms with van der Waals surface area (Å²) in [6, 6.07) is 13.2. The van der Waals surface area contributed by atoms with Crippen molar-refractivity contribution in [3.8, 4) is 11.8 Å². The first-order chi connectivity index (χ1) is 9.60. The molecular formula is C15H11ClN2O2. The lowest BCUT2D eigenvalue weighted by Gasteiger charge is -2.08. The fourth-order valence-corrected chi connectivity index (χ4v) is 1.92. The number of nitriles is 1. The average molecular weight is 287 g/mol. The maximum absolute atomic E-state index is 11.9. The van der Waals surface area contributed by atoms with Crippen molar-refractivity contribution >= 4 is 23.2 Å². The third-order valence-electron chi connectivity index (χ3n) is 2.72. The van der Waals surface area contributed by atoms with E-state index in [4.69, 9.17) is 16.9 Å². The van der Waals surface area contributed by atoms with Crippen molar-refractivity contribution in [1.29, 1.82) is 5.26 Å². The Hall–Kier alpha value is -2.51. The second kappa shape index (κ2) is 6.09. The number of amides is 1. The number of nitrogens with zero attached hydrogens (tertiary/aromatic N) is 1. The Bertz CT molecular complexity index is 693. The standard InChI is InChI=1S/C15H11ClN2O2/c16-12-6-5-11(9-17)13(8-12)18-15(20)7-10-3-1-2-4-14(10)19/h1-6,8,19H,7H2,(H,18,20). The third kappa shape index (κ3) is 3.28. The molecule has 0 aliphatic rings. The Morgan fingerprint density at radius 3 is 2.75 bits per heavy atom. The number of benzene rings is 2. The number of rotatable bonds is 3. The summed E-state index contributed by atoms with van der Waals surface area (Å²) in [5, 5.41) is 21.6. The number of anilines is 1. The van der Waals surface area contributed by atoms with Crippen LogP contribution < -0.4 is 5.32 Å². The second-order valence-corrected chi connectivity index (χ2v) is 4.59. The van der Waals surface area contributed by atoms with E-state index >= 15 is 0 Å². The van der Waals surface area contributed by atoms with E-state index in [1.807, 2.05) is 6.07 Å². The van der Waals surface area contributed by atoms with Crippen LogP contribution in [0.15, 0.2) is 42.5 Å². The molecule has 5 heteroatoms. The number of phenolic OH excluding ortho intramolecular Hbond substituents is 1. The molecular weight excluding hydrogens is 276 g/mol. The van der Waals surface area contributed by atoms with Crippen LogP contribution in [0, 0.1) is 11.3 Å². The molecule has 20 heavy (non-hydrogen) atoms. The van der Waals surface area contributed by atoms with Gasteiger partial charge in [-0.15, -0.1) is 0 Å². The van der Waals surface area contributed by atoms with Crippen LogP contribution in [0.25, 0.3) is 0 Å². The maximum Gasteiger partial charge on any atom is 0.228 e. The number of hydrogen-bond acceptors (Lipinski definition) is 3. The highest BCUT2D eigenvalue weighted by atomic mass is 35.5. The first kappa shape index (κ1) is 13.9. The Morgan fingerprint density at radius 1 is 1.30 bits per heavy atom. The van der Waals surface area contributed by atoms with Crippen LogP contribution in [0.1, 0.15) is 11.1 Å². The minimum atomic E-state index is -0.328. The summed E-state index contributed by atoms with van der Waals surface area (Å²) >= 11 is 5.84. The number of aromatic hydroxyl groups is 1. The molecule has 0 aliphatic heterocycles. The number of nitrogens with one attached hydrogen (secondary N) is 1. The lowest BCUT2D eigenvalue weighted by molar-refractivity contribution is -0.115. The zero-order valence-electron chi connectivity index (χ0n) is 10.4. The summed E-state index contributed by atoms with van der Waals surface area (Å²) in [7, 11) is 0. The second-order valence-electron chi connectivity index (χ2n) is 4.16. The van der Waals surface area contributed by atoms with Crippen LogP contribution >= 0.6 is 11.6 Å². The van der Waals surface area contributed by atoms with Gasteiger partial charge in [0.15, 0.2) is 0 Å². The third-order valence-corrected chi connectivity index (χ3v) is 2.95. The largest absolute Gasteiger partial charge is 0.508 e. The molecule has 2 rings (SSSR count). The normalized spacial score (nSPS) is 9.80. The molecule has 0 bridgehead atoms. The fourth-order valence-electron chi connectivity index (χ4n) is 1.75. The predicted molar refractivity (Wildman–Crippen MR) is 76.6 cm³/mol. The van der Waals surface area contributed by atoms with Gasteiger partial charge in [0, 0.05) is 10.6 Å². The number of carbonyl (C=O) groups excluding carboxylic acids is 1. The van der Waals surface area contributed by atoms with Crippen molar-refractivity contribution in [3.05, 3.63) is 58.6 Å². The highest BCUT2D eigenvalue weighted by Gasteiger charge is 2.10. The van der Waals surface area contributed by atoms with Gasteiger partial charge in [-0.2, -0.15) is 5.26 Å². The van der Waals surface area contributed by atoms with Crippen molar-refractivity contribution in [3.63, 3.8) is 0 Å². The summed E-state index contributed by atoms with van der Waals surface area (Å²) in [6.45, 7) is 0. The van der Waals surface area contributed by atoms with Gasteiger partial charge in [-0.25, -0.2) is 0 Å². The monoisotopic (exact) mass is 286 g/mol. The van der Waals surface area contributed by atoms with Gasteiger partial charge in [-0.1, -0.05) is 29.8 Å². The van der Waals surface area contributed by atoms with E-state index in [0.717, 1.165) is 0 Å². The van der Waals surface area contributed by atoms with Crippen molar-refractivity contribution in [2.24, 2.45) is 0 Å². The lowest BCUT2D eigenvalue weighted by Crippen LogP contribution is -2.15. The molecule has 0 fully saturated rings. The van der Waals surface area contributed by atoms with Gasteiger partial charge in [-0.05, 0) is 24.3 Å². The molecule has 0 saturated carbocycles. The van der Waals surface area contributed by atoms with E-state index in [1.165, 1.54) is 18.2 Å². The van der Waals surface area contributed by atoms with Gasteiger partial charge < -0.3 is 10.4 Å². The Labute approximate surface area is 121 Å². The van der Waals surface area contributed by atoms with E-state index in [0.29, 0.717) is 21.8 Å². The van der Waals surface area contributed by atoms with Crippen molar-refractivity contribution in [2.75, 3.05) is 5.32 Å². The summed E-state index contributed by atoms with van der Waals surface area (Å²) in [4.78, 5) is 11.9. The van der Waals surface area contributed by atoms with Crippen LogP contribution in [0.5, 0.6) is 5.75 Å². The predicted octanol–water partition coefficient (Wildman–Crippen LogP) is 3.10. The van der Waals surface area contributed by atoms with Crippen LogP contribution in [-0.4, -0.2) is 11.0 Å². The Morgan fingerprint density at radius 2 is 2.05 bits per heavy atom. The molecule has 0 heterocycles. The molecule has 0 radical (unpaired) electrons.